The number of amides is 1. The van der Waals surface area contributed by atoms with Crippen LogP contribution in [-0.4, -0.2) is 29.1 Å². The van der Waals surface area contributed by atoms with E-state index in [0.717, 1.165) is 12.8 Å². The van der Waals surface area contributed by atoms with E-state index >= 15 is 0 Å². The average molecular weight is 313 g/mol. The molecular weight excluding hydrogens is 299 g/mol. The number of carbonyl (C=O) groups excluding carboxylic acids is 1. The summed E-state index contributed by atoms with van der Waals surface area (Å²) in [5.74, 6) is -0.225. The second kappa shape index (κ2) is 6.45. The van der Waals surface area contributed by atoms with Crippen LogP contribution in [0.25, 0.3) is 0 Å². The molecule has 1 aromatic carbocycles. The molecule has 4 nitrogen and oxygen atoms in total. The van der Waals surface area contributed by atoms with E-state index in [1.54, 1.807) is 6.07 Å². The first-order chi connectivity index (χ1) is 9.60. The van der Waals surface area contributed by atoms with Crippen molar-refractivity contribution in [2.24, 2.45) is 0 Å². The molecule has 0 bridgehead atoms. The Morgan fingerprint density at radius 1 is 1.30 bits per heavy atom. The number of aliphatic hydroxyl groups is 1. The number of nitriles is 1. The van der Waals surface area contributed by atoms with Crippen molar-refractivity contribution in [3.05, 3.63) is 33.3 Å². The van der Waals surface area contributed by atoms with E-state index in [1.807, 2.05) is 0 Å². The van der Waals surface area contributed by atoms with Crippen molar-refractivity contribution in [2.45, 2.75) is 25.3 Å². The molecule has 0 aromatic heterocycles. The van der Waals surface area contributed by atoms with Gasteiger partial charge in [0.2, 0.25) is 0 Å². The average Bonchev–Trinajstić information content (AvgIpc) is 2.67. The van der Waals surface area contributed by atoms with Gasteiger partial charge in [-0.15, -0.1) is 0 Å². The van der Waals surface area contributed by atoms with Gasteiger partial charge in [-0.3, -0.25) is 4.79 Å². The van der Waals surface area contributed by atoms with Gasteiger partial charge in [0.05, 0.1) is 16.7 Å². The minimum atomic E-state index is -0.636. The second-order valence-electron chi connectivity index (χ2n) is 4.67. The molecule has 20 heavy (non-hydrogen) atoms. The van der Waals surface area contributed by atoms with E-state index in [0.29, 0.717) is 29.1 Å². The molecular formula is C14H14Cl2N2O2. The molecule has 0 radical (unpaired) electrons. The second-order valence-corrected chi connectivity index (χ2v) is 5.51. The number of unbranched alkanes of at least 4 members (excludes halogenated alkanes) is 2. The number of rotatable bonds is 5. The van der Waals surface area contributed by atoms with Gasteiger partial charge in [0, 0.05) is 23.7 Å². The molecule has 106 valence electrons. The molecule has 1 amide bonds. The van der Waals surface area contributed by atoms with E-state index in [4.69, 9.17) is 28.3 Å². The number of hydrogen-bond donors (Lipinski definition) is 1. The maximum atomic E-state index is 12.4. The highest BCUT2D eigenvalue weighted by molar-refractivity contribution is 6.37. The predicted octanol–water partition coefficient (Wildman–Crippen LogP) is 3.18. The molecule has 0 fully saturated rings. The fourth-order valence-corrected chi connectivity index (χ4v) is 2.99. The summed E-state index contributed by atoms with van der Waals surface area (Å²) in [6.45, 7) is 0.608. The molecule has 1 heterocycles. The number of aliphatic hydroxyl groups excluding tert-OH is 1. The van der Waals surface area contributed by atoms with Gasteiger partial charge in [-0.2, -0.15) is 5.26 Å². The molecule has 0 saturated heterocycles. The monoisotopic (exact) mass is 312 g/mol. The Hall–Kier alpha value is -1.28. The van der Waals surface area contributed by atoms with Gasteiger partial charge < -0.3 is 10.0 Å². The Balaban J connectivity index is 2.24. The maximum Gasteiger partial charge on any atom is 0.257 e. The number of nitrogens with zero attached hydrogens (tertiary/aromatic N) is 2. The Kier molecular flexibility index (Phi) is 4.87. The lowest BCUT2D eigenvalue weighted by atomic mass is 10.1. The van der Waals surface area contributed by atoms with E-state index in [2.05, 4.69) is 6.07 Å². The molecule has 2 rings (SSSR count). The molecule has 1 aliphatic heterocycles. The first kappa shape index (κ1) is 15.1. The van der Waals surface area contributed by atoms with Crippen LogP contribution in [0.15, 0.2) is 12.1 Å². The molecule has 1 aliphatic rings. The van der Waals surface area contributed by atoms with Gasteiger partial charge in [0.25, 0.3) is 5.91 Å². The van der Waals surface area contributed by atoms with E-state index in [9.17, 15) is 10.1 Å². The molecule has 1 atom stereocenters. The lowest BCUT2D eigenvalue weighted by Crippen LogP contribution is -2.28. The normalized spacial score (nSPS) is 17.2. The van der Waals surface area contributed by atoms with Crippen molar-refractivity contribution in [1.29, 1.82) is 5.26 Å². The highest BCUT2D eigenvalue weighted by Crippen LogP contribution is 2.39. The maximum absolute atomic E-state index is 12.4. The number of benzene rings is 1. The molecule has 1 unspecified atom stereocenters. The zero-order chi connectivity index (χ0) is 14.7. The summed E-state index contributed by atoms with van der Waals surface area (Å²) < 4.78 is 0. The van der Waals surface area contributed by atoms with E-state index in [-0.39, 0.29) is 17.5 Å². The van der Waals surface area contributed by atoms with Crippen molar-refractivity contribution in [2.75, 3.05) is 13.2 Å². The molecule has 1 N–H and O–H groups in total. The molecule has 0 aliphatic carbocycles. The lowest BCUT2D eigenvalue weighted by molar-refractivity contribution is 0.0754. The number of halogens is 2. The van der Waals surface area contributed by atoms with Gasteiger partial charge in [-0.1, -0.05) is 23.2 Å². The zero-order valence-corrected chi connectivity index (χ0v) is 12.3. The molecule has 1 aromatic rings. The van der Waals surface area contributed by atoms with Gasteiger partial charge in [0.15, 0.2) is 0 Å². The Morgan fingerprint density at radius 3 is 2.70 bits per heavy atom. The predicted molar refractivity (Wildman–Crippen MR) is 76.8 cm³/mol. The van der Waals surface area contributed by atoms with Crippen LogP contribution in [-0.2, 0) is 0 Å². The summed E-state index contributed by atoms with van der Waals surface area (Å²) in [5.41, 5.74) is 0.960. The van der Waals surface area contributed by atoms with E-state index in [1.165, 1.54) is 11.0 Å². The third-order valence-electron chi connectivity index (χ3n) is 3.35. The minimum Gasteiger partial charge on any atom is -0.396 e. The summed E-state index contributed by atoms with van der Waals surface area (Å²) in [5, 5.41) is 18.8. The van der Waals surface area contributed by atoms with Crippen LogP contribution in [0, 0.1) is 11.3 Å². The van der Waals surface area contributed by atoms with Crippen LogP contribution in [0.2, 0.25) is 10.0 Å². The lowest BCUT2D eigenvalue weighted by Gasteiger charge is -2.19. The van der Waals surface area contributed by atoms with Crippen LogP contribution in [0.4, 0.5) is 0 Å². The van der Waals surface area contributed by atoms with Crippen LogP contribution in [0.5, 0.6) is 0 Å². The quantitative estimate of drug-likeness (QED) is 0.849. The van der Waals surface area contributed by atoms with Gasteiger partial charge in [-0.05, 0) is 31.4 Å². The Morgan fingerprint density at radius 2 is 2.05 bits per heavy atom. The van der Waals surface area contributed by atoms with Crippen LogP contribution in [0.3, 0.4) is 0 Å². The minimum absolute atomic E-state index is 0.136. The van der Waals surface area contributed by atoms with Gasteiger partial charge >= 0.3 is 0 Å². The van der Waals surface area contributed by atoms with Crippen LogP contribution >= 0.6 is 23.2 Å². The summed E-state index contributed by atoms with van der Waals surface area (Å²) in [6.07, 6.45) is 2.24. The highest BCUT2D eigenvalue weighted by atomic mass is 35.5. The van der Waals surface area contributed by atoms with Crippen molar-refractivity contribution in [3.63, 3.8) is 0 Å². The van der Waals surface area contributed by atoms with Gasteiger partial charge in [0.1, 0.15) is 6.04 Å². The number of hydrogen-bond acceptors (Lipinski definition) is 3. The third kappa shape index (κ3) is 2.76. The van der Waals surface area contributed by atoms with Crippen LogP contribution in [0.1, 0.15) is 41.2 Å². The number of fused-ring (bicyclic) bond motifs is 1. The molecule has 6 heteroatoms. The van der Waals surface area contributed by atoms with Crippen molar-refractivity contribution in [1.82, 2.24) is 4.90 Å². The molecule has 0 spiro atoms. The summed E-state index contributed by atoms with van der Waals surface area (Å²) in [4.78, 5) is 13.9. The zero-order valence-electron chi connectivity index (χ0n) is 10.8. The number of carbonyl (C=O) groups is 1. The third-order valence-corrected chi connectivity index (χ3v) is 3.86. The fraction of sp³-hybridized carbons (Fsp3) is 0.429. The largest absolute Gasteiger partial charge is 0.396 e. The first-order valence-electron chi connectivity index (χ1n) is 6.40. The smallest absolute Gasteiger partial charge is 0.257 e. The van der Waals surface area contributed by atoms with Crippen molar-refractivity contribution < 1.29 is 9.90 Å². The summed E-state index contributed by atoms with van der Waals surface area (Å²) in [7, 11) is 0. The summed E-state index contributed by atoms with van der Waals surface area (Å²) >= 11 is 12.0. The van der Waals surface area contributed by atoms with Crippen molar-refractivity contribution in [3.8, 4) is 6.07 Å². The SMILES string of the molecule is N#CC1c2cc(Cl)cc(Cl)c2C(=O)N1CCCCCO. The first-order valence-corrected chi connectivity index (χ1v) is 7.16. The Bertz CT molecular complexity index is 569. The van der Waals surface area contributed by atoms with Crippen LogP contribution < -0.4 is 0 Å². The highest BCUT2D eigenvalue weighted by Gasteiger charge is 2.38. The van der Waals surface area contributed by atoms with E-state index < -0.39 is 6.04 Å². The van der Waals surface area contributed by atoms with Gasteiger partial charge in [-0.25, -0.2) is 0 Å². The van der Waals surface area contributed by atoms with Crippen molar-refractivity contribution >= 4 is 29.1 Å². The fourth-order valence-electron chi connectivity index (χ4n) is 2.40. The topological polar surface area (TPSA) is 64.3 Å². The summed E-state index contributed by atoms with van der Waals surface area (Å²) in [6, 6.07) is 4.64. The standard InChI is InChI=1S/C14H14Cl2N2O2/c15-9-6-10-12(8-17)18(4-2-1-3-5-19)14(20)13(10)11(16)7-9/h6-7,12,19H,1-5H2. The molecule has 0 saturated carbocycles. The Labute approximate surface area is 127 Å².